The number of nitrogens with one attached hydrogen (secondary N) is 1. The third-order valence-electron chi connectivity index (χ3n) is 4.47. The van der Waals surface area contributed by atoms with Crippen LogP contribution in [0.4, 0.5) is 11.4 Å². The fourth-order valence-electron chi connectivity index (χ4n) is 2.98. The molecule has 3 heteroatoms. The Labute approximate surface area is 121 Å². The van der Waals surface area contributed by atoms with Gasteiger partial charge >= 0.3 is 0 Å². The standard InChI is InChI=1S/C17H26N2O/c1-2-9-20-17-10-14(7-8-16(17)18)19-11-15(12-3-4-12)13-5-6-13/h7-8,10,12-13,15,19H,2-6,9,11,18H2,1H3. The predicted octanol–water partition coefficient (Wildman–Crippen LogP) is 3.91. The smallest absolute Gasteiger partial charge is 0.144 e. The molecule has 0 unspecified atom stereocenters. The van der Waals surface area contributed by atoms with E-state index >= 15 is 0 Å². The van der Waals surface area contributed by atoms with E-state index < -0.39 is 0 Å². The van der Waals surface area contributed by atoms with E-state index in [1.54, 1.807) is 0 Å². The van der Waals surface area contributed by atoms with E-state index in [-0.39, 0.29) is 0 Å². The molecule has 0 spiro atoms. The van der Waals surface area contributed by atoms with Crippen LogP contribution in [0.1, 0.15) is 39.0 Å². The summed E-state index contributed by atoms with van der Waals surface area (Å²) in [6.45, 7) is 3.93. The summed E-state index contributed by atoms with van der Waals surface area (Å²) in [4.78, 5) is 0. The molecule has 0 heterocycles. The van der Waals surface area contributed by atoms with Gasteiger partial charge in [-0.1, -0.05) is 6.92 Å². The van der Waals surface area contributed by atoms with E-state index in [2.05, 4.69) is 18.3 Å². The number of rotatable bonds is 8. The zero-order valence-corrected chi connectivity index (χ0v) is 12.4. The lowest BCUT2D eigenvalue weighted by atomic mass is 9.98. The zero-order chi connectivity index (χ0) is 13.9. The third-order valence-corrected chi connectivity index (χ3v) is 4.47. The maximum absolute atomic E-state index is 5.95. The van der Waals surface area contributed by atoms with Gasteiger partial charge in [-0.25, -0.2) is 0 Å². The quantitative estimate of drug-likeness (QED) is 0.707. The Bertz CT molecular complexity index is 440. The molecule has 0 saturated heterocycles. The number of nitrogens with two attached hydrogens (primary N) is 1. The molecule has 3 rings (SSSR count). The van der Waals surface area contributed by atoms with Crippen LogP contribution in [-0.4, -0.2) is 13.2 Å². The molecular weight excluding hydrogens is 248 g/mol. The van der Waals surface area contributed by atoms with E-state index in [0.29, 0.717) is 0 Å². The van der Waals surface area contributed by atoms with Crippen molar-refractivity contribution in [2.75, 3.05) is 24.2 Å². The number of ether oxygens (including phenoxy) is 1. The van der Waals surface area contributed by atoms with Gasteiger partial charge in [0.1, 0.15) is 5.75 Å². The lowest BCUT2D eigenvalue weighted by Crippen LogP contribution is -2.18. The Morgan fingerprint density at radius 1 is 1.25 bits per heavy atom. The molecule has 0 bridgehead atoms. The second-order valence-electron chi connectivity index (χ2n) is 6.32. The molecule has 2 saturated carbocycles. The number of hydrogen-bond donors (Lipinski definition) is 2. The molecule has 2 aliphatic rings. The van der Waals surface area contributed by atoms with Gasteiger partial charge in [0.15, 0.2) is 0 Å². The molecule has 2 fully saturated rings. The Balaban J connectivity index is 1.58. The molecule has 110 valence electrons. The van der Waals surface area contributed by atoms with Crippen LogP contribution in [0.5, 0.6) is 5.75 Å². The van der Waals surface area contributed by atoms with Gasteiger partial charge in [0.25, 0.3) is 0 Å². The van der Waals surface area contributed by atoms with Gasteiger partial charge in [0.2, 0.25) is 0 Å². The van der Waals surface area contributed by atoms with Crippen LogP contribution in [0.25, 0.3) is 0 Å². The molecule has 20 heavy (non-hydrogen) atoms. The second-order valence-corrected chi connectivity index (χ2v) is 6.32. The highest BCUT2D eigenvalue weighted by Crippen LogP contribution is 2.49. The van der Waals surface area contributed by atoms with Gasteiger partial charge < -0.3 is 15.8 Å². The molecular formula is C17H26N2O. The number of anilines is 2. The monoisotopic (exact) mass is 274 g/mol. The Hall–Kier alpha value is -1.38. The summed E-state index contributed by atoms with van der Waals surface area (Å²) in [6.07, 6.45) is 6.76. The second kappa shape index (κ2) is 5.94. The fourth-order valence-corrected chi connectivity index (χ4v) is 2.98. The summed E-state index contributed by atoms with van der Waals surface area (Å²) in [7, 11) is 0. The van der Waals surface area contributed by atoms with Gasteiger partial charge in [-0.15, -0.1) is 0 Å². The molecule has 0 radical (unpaired) electrons. The Morgan fingerprint density at radius 2 is 1.95 bits per heavy atom. The van der Waals surface area contributed by atoms with Crippen LogP contribution in [0.15, 0.2) is 18.2 Å². The Morgan fingerprint density at radius 3 is 2.55 bits per heavy atom. The number of hydrogen-bond acceptors (Lipinski definition) is 3. The van der Waals surface area contributed by atoms with Gasteiger partial charge in [0.05, 0.1) is 12.3 Å². The highest BCUT2D eigenvalue weighted by Gasteiger charge is 2.40. The van der Waals surface area contributed by atoms with Crippen LogP contribution in [0, 0.1) is 17.8 Å². The van der Waals surface area contributed by atoms with Crippen molar-refractivity contribution >= 4 is 11.4 Å². The van der Waals surface area contributed by atoms with Crippen molar-refractivity contribution in [1.82, 2.24) is 0 Å². The minimum absolute atomic E-state index is 0.723. The zero-order valence-electron chi connectivity index (χ0n) is 12.4. The van der Waals surface area contributed by atoms with Crippen LogP contribution >= 0.6 is 0 Å². The average molecular weight is 274 g/mol. The number of nitrogen functional groups attached to an aromatic ring is 1. The first-order valence-corrected chi connectivity index (χ1v) is 8.04. The first-order chi connectivity index (χ1) is 9.78. The molecule has 1 aromatic carbocycles. The summed E-state index contributed by atoms with van der Waals surface area (Å²) >= 11 is 0. The van der Waals surface area contributed by atoms with Crippen molar-refractivity contribution < 1.29 is 4.74 Å². The van der Waals surface area contributed by atoms with E-state index in [1.165, 1.54) is 25.7 Å². The van der Waals surface area contributed by atoms with Crippen LogP contribution in [0.2, 0.25) is 0 Å². The SMILES string of the molecule is CCCOc1cc(NCC(C2CC2)C2CC2)ccc1N. The van der Waals surface area contributed by atoms with Crippen molar-refractivity contribution in [2.45, 2.75) is 39.0 Å². The summed E-state index contributed by atoms with van der Waals surface area (Å²) in [5.74, 6) is 3.66. The predicted molar refractivity (Wildman–Crippen MR) is 84.1 cm³/mol. The molecule has 0 atom stereocenters. The maximum atomic E-state index is 5.95. The minimum Gasteiger partial charge on any atom is -0.491 e. The molecule has 0 aliphatic heterocycles. The molecule has 0 aromatic heterocycles. The highest BCUT2D eigenvalue weighted by molar-refractivity contribution is 5.61. The van der Waals surface area contributed by atoms with Crippen molar-refractivity contribution in [1.29, 1.82) is 0 Å². The van der Waals surface area contributed by atoms with Crippen LogP contribution in [0.3, 0.4) is 0 Å². The van der Waals surface area contributed by atoms with Crippen molar-refractivity contribution in [3.8, 4) is 5.75 Å². The normalized spacial score (nSPS) is 18.3. The van der Waals surface area contributed by atoms with E-state index in [1.807, 2.05) is 12.1 Å². The van der Waals surface area contributed by atoms with Gasteiger partial charge in [-0.3, -0.25) is 0 Å². The van der Waals surface area contributed by atoms with Crippen molar-refractivity contribution in [3.05, 3.63) is 18.2 Å². The van der Waals surface area contributed by atoms with Gasteiger partial charge in [-0.2, -0.15) is 0 Å². The highest BCUT2D eigenvalue weighted by atomic mass is 16.5. The third kappa shape index (κ3) is 3.38. The van der Waals surface area contributed by atoms with Gasteiger partial charge in [-0.05, 0) is 62.0 Å². The average Bonchev–Trinajstić information content (AvgIpc) is 3.32. The van der Waals surface area contributed by atoms with E-state index in [9.17, 15) is 0 Å². The van der Waals surface area contributed by atoms with E-state index in [4.69, 9.17) is 10.5 Å². The summed E-state index contributed by atoms with van der Waals surface area (Å²) in [5, 5.41) is 3.60. The number of benzene rings is 1. The van der Waals surface area contributed by atoms with Crippen LogP contribution in [-0.2, 0) is 0 Å². The van der Waals surface area contributed by atoms with Crippen molar-refractivity contribution in [2.24, 2.45) is 17.8 Å². The fraction of sp³-hybridized carbons (Fsp3) is 0.647. The first-order valence-electron chi connectivity index (χ1n) is 8.04. The van der Waals surface area contributed by atoms with E-state index in [0.717, 1.165) is 54.5 Å². The molecule has 2 aliphatic carbocycles. The lowest BCUT2D eigenvalue weighted by Gasteiger charge is -2.18. The molecule has 0 amide bonds. The summed E-state index contributed by atoms with van der Waals surface area (Å²) < 4.78 is 5.69. The summed E-state index contributed by atoms with van der Waals surface area (Å²) in [5.41, 5.74) is 7.81. The lowest BCUT2D eigenvalue weighted by molar-refractivity contribution is 0.319. The topological polar surface area (TPSA) is 47.3 Å². The van der Waals surface area contributed by atoms with Crippen molar-refractivity contribution in [3.63, 3.8) is 0 Å². The molecule has 3 N–H and O–H groups in total. The maximum Gasteiger partial charge on any atom is 0.144 e. The van der Waals surface area contributed by atoms with Crippen LogP contribution < -0.4 is 15.8 Å². The summed E-state index contributed by atoms with van der Waals surface area (Å²) in [6, 6.07) is 6.05. The Kier molecular flexibility index (Phi) is 4.04. The van der Waals surface area contributed by atoms with Gasteiger partial charge in [0, 0.05) is 18.3 Å². The molecule has 1 aromatic rings. The molecule has 3 nitrogen and oxygen atoms in total. The first kappa shape index (κ1) is 13.6. The minimum atomic E-state index is 0.723. The largest absolute Gasteiger partial charge is 0.491 e.